The van der Waals surface area contributed by atoms with Gasteiger partial charge in [0.15, 0.2) is 12.9 Å². The van der Waals surface area contributed by atoms with Crippen molar-refractivity contribution in [1.29, 1.82) is 0 Å². The zero-order valence-corrected chi connectivity index (χ0v) is 6.23. The van der Waals surface area contributed by atoms with Crippen molar-refractivity contribution >= 4 is 18.5 Å². The van der Waals surface area contributed by atoms with Gasteiger partial charge in [-0.15, -0.1) is 0 Å². The van der Waals surface area contributed by atoms with Crippen LogP contribution in [0, 0.1) is 0 Å². The van der Waals surface area contributed by atoms with Crippen LogP contribution in [-0.4, -0.2) is 21.6 Å². The first-order valence-electron chi connectivity index (χ1n) is 3.48. The number of hydrogen-bond acceptors (Lipinski definition) is 2. The third kappa shape index (κ3) is 0.907. The molecule has 2 aromatic rings. The van der Waals surface area contributed by atoms with E-state index in [4.69, 9.17) is 0 Å². The van der Waals surface area contributed by atoms with E-state index in [-0.39, 0.29) is 0 Å². The van der Waals surface area contributed by atoms with E-state index in [1.165, 1.54) is 0 Å². The summed E-state index contributed by atoms with van der Waals surface area (Å²) in [6, 6.07) is 0. The number of hydrogen-bond donors (Lipinski definition) is 0. The first-order chi connectivity index (χ1) is 5.42. The summed E-state index contributed by atoms with van der Waals surface area (Å²) in [7, 11) is 2.00. The van der Waals surface area contributed by atoms with Crippen LogP contribution in [0.3, 0.4) is 0 Å². The maximum atomic E-state index is 4.11. The third-order valence-electron chi connectivity index (χ3n) is 1.64. The van der Waals surface area contributed by atoms with Gasteiger partial charge in [-0.3, -0.25) is 4.98 Å². The van der Waals surface area contributed by atoms with Crippen molar-refractivity contribution in [3.8, 4) is 0 Å². The average molecular weight is 144 g/mol. The highest BCUT2D eigenvalue weighted by Crippen LogP contribution is 1.92. The number of aromatic nitrogens is 3. The van der Waals surface area contributed by atoms with Crippen molar-refractivity contribution < 1.29 is 0 Å². The molecule has 4 heteroatoms. The number of nitrogens with zero attached hydrogens (tertiary/aromatic N) is 3. The van der Waals surface area contributed by atoms with Crippen molar-refractivity contribution in [3.05, 3.63) is 24.8 Å². The molecule has 0 saturated heterocycles. The Hall–Kier alpha value is -1.32. The second-order valence-corrected chi connectivity index (χ2v) is 2.28. The molecule has 0 amide bonds. The fraction of sp³-hybridized carbons (Fsp3) is 0.143. The summed E-state index contributed by atoms with van der Waals surface area (Å²) in [6.07, 6.45) is 7.25. The molecule has 0 fully saturated rings. The Morgan fingerprint density at radius 1 is 1.45 bits per heavy atom. The standard InChI is InChI=1S/C7H7BN3/c1-8-6-4-9-5-7-10-2-3-11(6)7/h2-5H,1H3. The van der Waals surface area contributed by atoms with Crippen LogP contribution in [0.1, 0.15) is 0 Å². The molecule has 0 unspecified atom stereocenters. The lowest BCUT2D eigenvalue weighted by Crippen LogP contribution is -2.19. The molecule has 53 valence electrons. The molecule has 0 aliphatic rings. The molecule has 0 bridgehead atoms. The van der Waals surface area contributed by atoms with E-state index in [2.05, 4.69) is 9.97 Å². The molecule has 1 radical (unpaired) electrons. The van der Waals surface area contributed by atoms with E-state index in [1.807, 2.05) is 30.9 Å². The van der Waals surface area contributed by atoms with Crippen molar-refractivity contribution in [3.63, 3.8) is 0 Å². The normalized spacial score (nSPS) is 10.3. The summed E-state index contributed by atoms with van der Waals surface area (Å²) in [4.78, 5) is 8.15. The maximum Gasteiger partial charge on any atom is 0.174 e. The van der Waals surface area contributed by atoms with Crippen LogP contribution in [0.5, 0.6) is 0 Å². The molecule has 2 heterocycles. The minimum Gasteiger partial charge on any atom is -0.311 e. The first kappa shape index (κ1) is 6.40. The van der Waals surface area contributed by atoms with Crippen LogP contribution in [0.2, 0.25) is 6.82 Å². The summed E-state index contributed by atoms with van der Waals surface area (Å²) in [5, 5.41) is 0. The van der Waals surface area contributed by atoms with Crippen LogP contribution in [-0.2, 0) is 0 Å². The van der Waals surface area contributed by atoms with Crippen molar-refractivity contribution in [1.82, 2.24) is 14.4 Å². The quantitative estimate of drug-likeness (QED) is 0.531. The summed E-state index contributed by atoms with van der Waals surface area (Å²) in [5.74, 6) is 0. The lowest BCUT2D eigenvalue weighted by atomic mass is 9.78. The second-order valence-electron chi connectivity index (χ2n) is 2.28. The van der Waals surface area contributed by atoms with Gasteiger partial charge in [-0.1, -0.05) is 6.82 Å². The zero-order chi connectivity index (χ0) is 7.68. The van der Waals surface area contributed by atoms with Gasteiger partial charge in [0.2, 0.25) is 0 Å². The Bertz CT molecular complexity index is 368. The van der Waals surface area contributed by atoms with Crippen molar-refractivity contribution in [2.24, 2.45) is 0 Å². The predicted octanol–water partition coefficient (Wildman–Crippen LogP) is 0.107. The van der Waals surface area contributed by atoms with Crippen LogP contribution in [0.25, 0.3) is 5.65 Å². The molecule has 0 atom stereocenters. The molecule has 2 rings (SSSR count). The summed E-state index contributed by atoms with van der Waals surface area (Å²) >= 11 is 0. The smallest absolute Gasteiger partial charge is 0.174 e. The van der Waals surface area contributed by atoms with Crippen molar-refractivity contribution in [2.45, 2.75) is 6.82 Å². The molecule has 0 aromatic carbocycles. The lowest BCUT2D eigenvalue weighted by molar-refractivity contribution is 1.17. The highest BCUT2D eigenvalue weighted by atomic mass is 15.0. The third-order valence-corrected chi connectivity index (χ3v) is 1.64. The molecule has 0 aliphatic heterocycles. The molecule has 3 nitrogen and oxygen atoms in total. The molecule has 0 saturated carbocycles. The zero-order valence-electron chi connectivity index (χ0n) is 6.23. The number of fused-ring (bicyclic) bond motifs is 1. The van der Waals surface area contributed by atoms with E-state index in [0.29, 0.717) is 0 Å². The second kappa shape index (κ2) is 2.38. The molecule has 11 heavy (non-hydrogen) atoms. The largest absolute Gasteiger partial charge is 0.311 e. The van der Waals surface area contributed by atoms with Gasteiger partial charge in [-0.2, -0.15) is 0 Å². The van der Waals surface area contributed by atoms with Gasteiger partial charge in [0, 0.05) is 18.6 Å². The van der Waals surface area contributed by atoms with Gasteiger partial charge in [-0.05, 0) is 5.59 Å². The van der Waals surface area contributed by atoms with E-state index >= 15 is 0 Å². The van der Waals surface area contributed by atoms with Crippen LogP contribution >= 0.6 is 0 Å². The van der Waals surface area contributed by atoms with E-state index in [0.717, 1.165) is 11.2 Å². The van der Waals surface area contributed by atoms with Crippen LogP contribution < -0.4 is 5.59 Å². The van der Waals surface area contributed by atoms with Gasteiger partial charge in [-0.25, -0.2) is 4.98 Å². The molecule has 2 aromatic heterocycles. The Morgan fingerprint density at radius 3 is 3.18 bits per heavy atom. The Morgan fingerprint density at radius 2 is 2.36 bits per heavy atom. The first-order valence-corrected chi connectivity index (χ1v) is 3.48. The highest BCUT2D eigenvalue weighted by Gasteiger charge is 1.97. The average Bonchev–Trinajstić information content (AvgIpc) is 2.50. The van der Waals surface area contributed by atoms with Crippen molar-refractivity contribution in [2.75, 3.05) is 0 Å². The Kier molecular flexibility index (Phi) is 1.38. The van der Waals surface area contributed by atoms with E-state index in [1.54, 1.807) is 12.4 Å². The minimum absolute atomic E-state index is 0.889. The van der Waals surface area contributed by atoms with Crippen LogP contribution in [0.4, 0.5) is 0 Å². The van der Waals surface area contributed by atoms with Gasteiger partial charge in [0.05, 0.1) is 6.20 Å². The van der Waals surface area contributed by atoms with Gasteiger partial charge >= 0.3 is 0 Å². The fourth-order valence-corrected chi connectivity index (χ4v) is 1.08. The SMILES string of the molecule is C[B]c1cncc2nccn12. The fourth-order valence-electron chi connectivity index (χ4n) is 1.08. The summed E-state index contributed by atoms with van der Waals surface area (Å²) in [6.45, 7) is 1.98. The molecule has 0 spiro atoms. The Balaban J connectivity index is 2.79. The van der Waals surface area contributed by atoms with Gasteiger partial charge in [0.1, 0.15) is 0 Å². The summed E-state index contributed by atoms with van der Waals surface area (Å²) < 4.78 is 1.99. The molecular formula is C7H7BN3. The predicted molar refractivity (Wildman–Crippen MR) is 44.2 cm³/mol. The highest BCUT2D eigenvalue weighted by molar-refractivity contribution is 6.50. The van der Waals surface area contributed by atoms with E-state index < -0.39 is 0 Å². The van der Waals surface area contributed by atoms with Crippen LogP contribution in [0.15, 0.2) is 24.8 Å². The molecule has 0 N–H and O–H groups in total. The number of rotatable bonds is 1. The molecule has 0 aliphatic carbocycles. The maximum absolute atomic E-state index is 4.11. The van der Waals surface area contributed by atoms with Gasteiger partial charge in [0.25, 0.3) is 0 Å². The topological polar surface area (TPSA) is 30.2 Å². The number of imidazole rings is 1. The minimum atomic E-state index is 0.889. The Labute approximate surface area is 65.3 Å². The van der Waals surface area contributed by atoms with Gasteiger partial charge < -0.3 is 4.40 Å². The lowest BCUT2D eigenvalue weighted by Gasteiger charge is -1.98. The monoisotopic (exact) mass is 144 g/mol. The van der Waals surface area contributed by atoms with E-state index in [9.17, 15) is 0 Å². The molecular weight excluding hydrogens is 137 g/mol. The summed E-state index contributed by atoms with van der Waals surface area (Å²) in [5.41, 5.74) is 1.96.